The molecular weight excluding hydrogens is 735 g/mol. The van der Waals surface area contributed by atoms with E-state index in [2.05, 4.69) is 6.07 Å². The van der Waals surface area contributed by atoms with E-state index in [1.54, 1.807) is 7.11 Å². The van der Waals surface area contributed by atoms with E-state index in [1.807, 2.05) is 86.0 Å². The maximum absolute atomic E-state index is 15.0. The summed E-state index contributed by atoms with van der Waals surface area (Å²) in [7, 11) is 1.71. The summed E-state index contributed by atoms with van der Waals surface area (Å²) < 4.78 is 23.0. The number of nitrogens with zero attached hydrogens (tertiary/aromatic N) is 2. The summed E-state index contributed by atoms with van der Waals surface area (Å²) in [5.74, 6) is 1.06. The van der Waals surface area contributed by atoms with Crippen LogP contribution in [0.5, 0.6) is 11.5 Å². The number of rotatable bonds is 14. The average molecular weight is 784 g/mol. The van der Waals surface area contributed by atoms with Crippen molar-refractivity contribution in [3.63, 3.8) is 0 Å². The second-order valence-corrected chi connectivity index (χ2v) is 16.4. The predicted octanol–water partition coefficient (Wildman–Crippen LogP) is 10.1. The molecule has 2 atom stereocenters. The van der Waals surface area contributed by atoms with E-state index < -0.39 is 11.6 Å². The number of amides is 2. The van der Waals surface area contributed by atoms with Gasteiger partial charge in [0.25, 0.3) is 5.91 Å². The minimum atomic E-state index is -0.657. The highest BCUT2D eigenvalue weighted by Crippen LogP contribution is 2.46. The molecule has 2 bridgehead atoms. The van der Waals surface area contributed by atoms with Crippen LogP contribution in [0.3, 0.4) is 0 Å². The first kappa shape index (κ1) is 39.3. The fraction of sp³-hybridized carbons (Fsp3) is 0.476. The Labute approximate surface area is 328 Å². The molecule has 1 aliphatic carbocycles. The van der Waals surface area contributed by atoms with Gasteiger partial charge in [-0.1, -0.05) is 59.1 Å². The average Bonchev–Trinajstić information content (AvgIpc) is 3.89. The van der Waals surface area contributed by atoms with Gasteiger partial charge in [0.1, 0.15) is 24.6 Å². The van der Waals surface area contributed by atoms with Crippen LogP contribution in [0, 0.1) is 6.92 Å². The Morgan fingerprint density at radius 2 is 1.57 bits per heavy atom. The Kier molecular flexibility index (Phi) is 12.5. The van der Waals surface area contributed by atoms with Gasteiger partial charge in [0.2, 0.25) is 0 Å². The number of fused-ring (bicyclic) bond motifs is 2. The molecule has 3 aromatic carbocycles. The van der Waals surface area contributed by atoms with E-state index in [4.69, 9.17) is 53.8 Å². The number of methoxy groups -OCH3 is 1. The Morgan fingerprint density at radius 1 is 0.868 bits per heavy atom. The molecule has 0 radical (unpaired) electrons. The monoisotopic (exact) mass is 782 g/mol. The minimum Gasteiger partial charge on any atom is -0.490 e. The van der Waals surface area contributed by atoms with Crippen LogP contribution in [0.25, 0.3) is 5.57 Å². The maximum Gasteiger partial charge on any atom is 0.411 e. The third kappa shape index (κ3) is 9.63. The van der Waals surface area contributed by atoms with Gasteiger partial charge in [0.15, 0.2) is 5.75 Å². The molecule has 0 N–H and O–H groups in total. The van der Waals surface area contributed by atoms with Gasteiger partial charge in [-0.05, 0) is 131 Å². The third-order valence-electron chi connectivity index (χ3n) is 9.89. The number of benzene rings is 3. The van der Waals surface area contributed by atoms with Gasteiger partial charge in [0, 0.05) is 42.9 Å². The van der Waals surface area contributed by atoms with E-state index in [-0.39, 0.29) is 37.3 Å². The zero-order valence-corrected chi connectivity index (χ0v) is 33.5. The molecule has 6 rings (SSSR count). The molecule has 3 aromatic rings. The summed E-state index contributed by atoms with van der Waals surface area (Å²) >= 11 is 19.4. The zero-order chi connectivity index (χ0) is 37.9. The highest BCUT2D eigenvalue weighted by Gasteiger charge is 2.49. The lowest BCUT2D eigenvalue weighted by molar-refractivity contribution is -0.129. The SMILES string of the molecule is COCCCc1ccc(Cl)c(CN(C(=O)C2=C(c3ccc(OCCOc4c(Cl)cc(C)cc4Cl)cc3)C[C@@H]3CC[C@H]2N3C(=O)OC(C)(C)C)C2CC2)c1. The quantitative estimate of drug-likeness (QED) is 0.152. The van der Waals surface area contributed by atoms with E-state index in [0.29, 0.717) is 58.1 Å². The normalized spacial score (nSPS) is 18.3. The fourth-order valence-electron chi connectivity index (χ4n) is 7.35. The van der Waals surface area contributed by atoms with Crippen molar-refractivity contribution >= 4 is 52.4 Å². The summed E-state index contributed by atoms with van der Waals surface area (Å²) in [6, 6.07) is 17.2. The fourth-order valence-corrected chi connectivity index (χ4v) is 8.23. The molecule has 2 amide bonds. The van der Waals surface area contributed by atoms with Crippen molar-refractivity contribution in [2.75, 3.05) is 26.9 Å². The van der Waals surface area contributed by atoms with Crippen molar-refractivity contribution in [3.8, 4) is 11.5 Å². The highest BCUT2D eigenvalue weighted by molar-refractivity contribution is 6.37. The first-order valence-corrected chi connectivity index (χ1v) is 19.6. The third-order valence-corrected chi connectivity index (χ3v) is 10.8. The molecule has 0 spiro atoms. The van der Waals surface area contributed by atoms with Crippen molar-refractivity contribution in [2.45, 2.75) is 103 Å². The molecule has 2 heterocycles. The summed E-state index contributed by atoms with van der Waals surface area (Å²) in [5, 5.41) is 1.55. The van der Waals surface area contributed by atoms with Gasteiger partial charge >= 0.3 is 6.09 Å². The van der Waals surface area contributed by atoms with Crippen LogP contribution in [-0.4, -0.2) is 72.5 Å². The molecule has 1 saturated heterocycles. The van der Waals surface area contributed by atoms with Crippen LogP contribution in [0.1, 0.15) is 81.5 Å². The molecule has 2 aliphatic heterocycles. The van der Waals surface area contributed by atoms with E-state index >= 15 is 4.79 Å². The number of ether oxygens (including phenoxy) is 4. The molecule has 284 valence electrons. The number of carbonyl (C=O) groups is 2. The second-order valence-electron chi connectivity index (χ2n) is 15.2. The van der Waals surface area contributed by atoms with Gasteiger partial charge in [-0.25, -0.2) is 4.79 Å². The van der Waals surface area contributed by atoms with Gasteiger partial charge in [-0.2, -0.15) is 0 Å². The second kappa shape index (κ2) is 16.9. The lowest BCUT2D eigenvalue weighted by Gasteiger charge is -2.39. The number of aryl methyl sites for hydroxylation is 2. The van der Waals surface area contributed by atoms with Gasteiger partial charge < -0.3 is 23.8 Å². The molecule has 8 nitrogen and oxygen atoms in total. The van der Waals surface area contributed by atoms with Crippen molar-refractivity contribution in [2.24, 2.45) is 0 Å². The summed E-state index contributed by atoms with van der Waals surface area (Å²) in [6.45, 7) is 9.15. The lowest BCUT2D eigenvalue weighted by Crippen LogP contribution is -2.50. The van der Waals surface area contributed by atoms with Crippen LogP contribution in [0.15, 0.2) is 60.2 Å². The van der Waals surface area contributed by atoms with Crippen molar-refractivity contribution < 1.29 is 28.5 Å². The largest absolute Gasteiger partial charge is 0.490 e. The number of halogens is 3. The molecule has 3 aliphatic rings. The number of carbonyl (C=O) groups excluding carboxylic acids is 2. The van der Waals surface area contributed by atoms with Crippen LogP contribution in [-0.2, 0) is 27.2 Å². The Bertz CT molecular complexity index is 1810. The molecule has 53 heavy (non-hydrogen) atoms. The van der Waals surface area contributed by atoms with Crippen LogP contribution >= 0.6 is 34.8 Å². The molecule has 0 unspecified atom stereocenters. The van der Waals surface area contributed by atoms with Crippen molar-refractivity contribution in [1.29, 1.82) is 0 Å². The smallest absolute Gasteiger partial charge is 0.411 e. The lowest BCUT2D eigenvalue weighted by atomic mass is 9.87. The standard InChI is InChI=1S/C42H49Cl3N2O6/c1-26-21-35(44)39(36(45)22-26)52-20-19-51-32-14-9-28(10-15-32)33-24-31-13-17-37(47(31)41(49)53-42(2,3)4)38(33)40(48)46(30-11-12-30)25-29-23-27(7-6-18-50-5)8-16-34(29)43/h8-10,14-16,21-23,30-31,37H,6-7,11-13,17-20,24-25H2,1-5H3/t31-,37+/m0/s1. The molecular formula is C42H49Cl3N2O6. The van der Waals surface area contributed by atoms with E-state index in [9.17, 15) is 4.79 Å². The first-order chi connectivity index (χ1) is 25.3. The van der Waals surface area contributed by atoms with E-state index in [0.717, 1.165) is 59.9 Å². The highest BCUT2D eigenvalue weighted by atomic mass is 35.5. The van der Waals surface area contributed by atoms with Crippen molar-refractivity contribution in [1.82, 2.24) is 9.80 Å². The van der Waals surface area contributed by atoms with Crippen LogP contribution in [0.4, 0.5) is 4.79 Å². The molecule has 11 heteroatoms. The molecule has 0 aromatic heterocycles. The molecule has 1 saturated carbocycles. The van der Waals surface area contributed by atoms with Gasteiger partial charge in [-0.3, -0.25) is 9.69 Å². The minimum absolute atomic E-state index is 0.0480. The van der Waals surface area contributed by atoms with Crippen molar-refractivity contribution in [3.05, 3.63) is 97.5 Å². The Morgan fingerprint density at radius 3 is 2.23 bits per heavy atom. The number of hydrogen-bond acceptors (Lipinski definition) is 6. The topological polar surface area (TPSA) is 77.5 Å². The van der Waals surface area contributed by atoms with Gasteiger partial charge in [-0.15, -0.1) is 0 Å². The van der Waals surface area contributed by atoms with Crippen LogP contribution in [0.2, 0.25) is 15.1 Å². The summed E-state index contributed by atoms with van der Waals surface area (Å²) in [6.07, 6.45) is 5.29. The maximum atomic E-state index is 15.0. The zero-order valence-electron chi connectivity index (χ0n) is 31.2. The summed E-state index contributed by atoms with van der Waals surface area (Å²) in [5.41, 5.74) is 4.94. The number of hydrogen-bond donors (Lipinski definition) is 0. The first-order valence-electron chi connectivity index (χ1n) is 18.5. The summed E-state index contributed by atoms with van der Waals surface area (Å²) in [4.78, 5) is 32.5. The Hall–Kier alpha value is -3.43. The predicted molar refractivity (Wildman–Crippen MR) is 210 cm³/mol. The van der Waals surface area contributed by atoms with E-state index in [1.165, 1.54) is 0 Å². The Balaban J connectivity index is 1.26. The van der Waals surface area contributed by atoms with Gasteiger partial charge in [0.05, 0.1) is 16.1 Å². The molecule has 2 fully saturated rings. The van der Waals surface area contributed by atoms with Crippen LogP contribution < -0.4 is 9.47 Å².